The van der Waals surface area contributed by atoms with Gasteiger partial charge in [-0.05, 0) is 19.1 Å². The molecule has 0 radical (unpaired) electrons. The first-order chi connectivity index (χ1) is 10.6. The van der Waals surface area contributed by atoms with Crippen LogP contribution in [0.3, 0.4) is 0 Å². The summed E-state index contributed by atoms with van der Waals surface area (Å²) >= 11 is 0. The third kappa shape index (κ3) is 4.31. The molecule has 1 aromatic rings. The van der Waals surface area contributed by atoms with Crippen LogP contribution in [0.2, 0.25) is 0 Å². The Morgan fingerprint density at radius 2 is 1.95 bits per heavy atom. The highest BCUT2D eigenvalue weighted by molar-refractivity contribution is 5.94. The van der Waals surface area contributed by atoms with E-state index in [9.17, 15) is 14.4 Å². The predicted octanol–water partition coefficient (Wildman–Crippen LogP) is 0.992. The first-order valence-electron chi connectivity index (χ1n) is 7.42. The quantitative estimate of drug-likeness (QED) is 0.628. The van der Waals surface area contributed by atoms with Crippen molar-refractivity contribution in [2.45, 2.75) is 13.3 Å². The van der Waals surface area contributed by atoms with Gasteiger partial charge in [0.1, 0.15) is 0 Å². The lowest BCUT2D eigenvalue weighted by Crippen LogP contribution is -2.48. The van der Waals surface area contributed by atoms with Crippen LogP contribution in [0.15, 0.2) is 24.3 Å². The lowest BCUT2D eigenvalue weighted by Gasteiger charge is -2.32. The summed E-state index contributed by atoms with van der Waals surface area (Å²) in [6.07, 6.45) is 1.22. The maximum Gasteiger partial charge on any atom is 0.224 e. The Morgan fingerprint density at radius 1 is 1.23 bits per heavy atom. The van der Waals surface area contributed by atoms with E-state index in [1.54, 1.807) is 21.9 Å². The van der Waals surface area contributed by atoms with Crippen LogP contribution >= 0.6 is 0 Å². The molecular formula is C16H21N3O3. The van der Waals surface area contributed by atoms with Crippen molar-refractivity contribution in [3.63, 3.8) is 0 Å². The average molecular weight is 303 g/mol. The molecule has 2 amide bonds. The Bertz CT molecular complexity index is 551. The number of rotatable bonds is 6. The zero-order chi connectivity index (χ0) is 15.9. The number of Topliss-reactive ketones (excluding diaryl/α,β-unsaturated/α-hetero) is 1. The predicted molar refractivity (Wildman–Crippen MR) is 83.8 cm³/mol. The van der Waals surface area contributed by atoms with Crippen molar-refractivity contribution < 1.29 is 14.4 Å². The number of anilines is 1. The third-order valence-electron chi connectivity index (χ3n) is 3.75. The maximum atomic E-state index is 12.1. The first-order valence-corrected chi connectivity index (χ1v) is 7.42. The molecule has 0 atom stereocenters. The molecule has 1 N–H and O–H groups in total. The number of hydrogen-bond acceptors (Lipinski definition) is 4. The fraction of sp³-hybridized carbons (Fsp3) is 0.438. The number of ketones is 1. The number of amides is 2. The molecule has 0 aliphatic carbocycles. The molecule has 0 bridgehead atoms. The van der Waals surface area contributed by atoms with Crippen LogP contribution < -0.4 is 5.32 Å². The van der Waals surface area contributed by atoms with E-state index in [1.807, 2.05) is 12.1 Å². The van der Waals surface area contributed by atoms with E-state index < -0.39 is 0 Å². The van der Waals surface area contributed by atoms with E-state index >= 15 is 0 Å². The van der Waals surface area contributed by atoms with Gasteiger partial charge in [-0.3, -0.25) is 14.4 Å². The molecule has 1 saturated heterocycles. The van der Waals surface area contributed by atoms with Crippen LogP contribution in [-0.2, 0) is 9.59 Å². The van der Waals surface area contributed by atoms with Crippen molar-refractivity contribution in [2.24, 2.45) is 0 Å². The zero-order valence-corrected chi connectivity index (χ0v) is 12.7. The molecule has 1 aliphatic heterocycles. The topological polar surface area (TPSA) is 69.7 Å². The highest BCUT2D eigenvalue weighted by atomic mass is 16.2. The summed E-state index contributed by atoms with van der Waals surface area (Å²) in [6.45, 7) is 4.44. The molecule has 2 rings (SSSR count). The second kappa shape index (κ2) is 7.59. The highest BCUT2D eigenvalue weighted by Crippen LogP contribution is 2.11. The molecule has 0 aromatic heterocycles. The summed E-state index contributed by atoms with van der Waals surface area (Å²) in [5.74, 6) is 0.105. The first kappa shape index (κ1) is 16.0. The molecule has 6 nitrogen and oxygen atoms in total. The highest BCUT2D eigenvalue weighted by Gasteiger charge is 2.19. The molecule has 0 unspecified atom stereocenters. The number of nitrogens with one attached hydrogen (secondary N) is 1. The normalized spacial score (nSPS) is 14.6. The zero-order valence-electron chi connectivity index (χ0n) is 12.7. The van der Waals surface area contributed by atoms with Crippen molar-refractivity contribution in [1.82, 2.24) is 9.80 Å². The second-order valence-electron chi connectivity index (χ2n) is 5.34. The van der Waals surface area contributed by atoms with E-state index in [2.05, 4.69) is 5.32 Å². The van der Waals surface area contributed by atoms with Gasteiger partial charge in [-0.25, -0.2) is 0 Å². The second-order valence-corrected chi connectivity index (χ2v) is 5.34. The van der Waals surface area contributed by atoms with E-state index in [4.69, 9.17) is 0 Å². The average Bonchev–Trinajstić information content (AvgIpc) is 2.55. The van der Waals surface area contributed by atoms with Gasteiger partial charge in [-0.15, -0.1) is 0 Å². The van der Waals surface area contributed by atoms with Crippen LogP contribution in [0.25, 0.3) is 0 Å². The molecule has 22 heavy (non-hydrogen) atoms. The molecule has 1 fully saturated rings. The number of hydrogen-bond donors (Lipinski definition) is 1. The summed E-state index contributed by atoms with van der Waals surface area (Å²) in [7, 11) is 0. The van der Waals surface area contributed by atoms with Crippen molar-refractivity contribution in [3.8, 4) is 0 Å². The van der Waals surface area contributed by atoms with Gasteiger partial charge in [0.15, 0.2) is 5.78 Å². The fourth-order valence-corrected chi connectivity index (χ4v) is 2.40. The third-order valence-corrected chi connectivity index (χ3v) is 3.75. The Labute approximate surface area is 130 Å². The van der Waals surface area contributed by atoms with Crippen LogP contribution in [0.5, 0.6) is 0 Å². The van der Waals surface area contributed by atoms with Gasteiger partial charge in [0, 0.05) is 50.4 Å². The van der Waals surface area contributed by atoms with E-state index in [1.165, 1.54) is 6.92 Å². The van der Waals surface area contributed by atoms with Crippen LogP contribution in [0.4, 0.5) is 5.69 Å². The van der Waals surface area contributed by atoms with Gasteiger partial charge >= 0.3 is 0 Å². The molecule has 0 spiro atoms. The minimum Gasteiger partial charge on any atom is -0.385 e. The standard InChI is InChI=1S/C16H21N3O3/c1-13(21)14-3-2-4-15(11-14)17-6-5-16(22)19-9-7-18(12-20)8-10-19/h2-4,11-12,17H,5-10H2,1H3. The Kier molecular flexibility index (Phi) is 5.52. The van der Waals surface area contributed by atoms with Crippen LogP contribution in [0, 0.1) is 0 Å². The van der Waals surface area contributed by atoms with Crippen molar-refractivity contribution in [1.29, 1.82) is 0 Å². The van der Waals surface area contributed by atoms with Gasteiger partial charge < -0.3 is 15.1 Å². The van der Waals surface area contributed by atoms with Gasteiger partial charge in [-0.2, -0.15) is 0 Å². The maximum absolute atomic E-state index is 12.1. The molecule has 0 saturated carbocycles. The molecule has 6 heteroatoms. The SMILES string of the molecule is CC(=O)c1cccc(NCCC(=O)N2CCN(C=O)CC2)c1. The molecule has 1 heterocycles. The van der Waals surface area contributed by atoms with Crippen molar-refractivity contribution in [3.05, 3.63) is 29.8 Å². The minimum absolute atomic E-state index is 0.0211. The molecule has 1 aliphatic rings. The summed E-state index contributed by atoms with van der Waals surface area (Å²) in [5.41, 5.74) is 1.49. The summed E-state index contributed by atoms with van der Waals surface area (Å²) in [6, 6.07) is 7.25. The molecule has 118 valence electrons. The van der Waals surface area contributed by atoms with Gasteiger partial charge in [0.2, 0.25) is 12.3 Å². The van der Waals surface area contributed by atoms with Gasteiger partial charge in [0.25, 0.3) is 0 Å². The molecular weight excluding hydrogens is 282 g/mol. The lowest BCUT2D eigenvalue weighted by atomic mass is 10.1. The van der Waals surface area contributed by atoms with E-state index in [0.717, 1.165) is 12.1 Å². The minimum atomic E-state index is 0.0211. The summed E-state index contributed by atoms with van der Waals surface area (Å²) in [4.78, 5) is 37.5. The Hall–Kier alpha value is -2.37. The summed E-state index contributed by atoms with van der Waals surface area (Å²) < 4.78 is 0. The monoisotopic (exact) mass is 303 g/mol. The van der Waals surface area contributed by atoms with E-state index in [0.29, 0.717) is 44.7 Å². The number of piperazine rings is 1. The number of benzene rings is 1. The van der Waals surface area contributed by atoms with Gasteiger partial charge in [0.05, 0.1) is 0 Å². The van der Waals surface area contributed by atoms with Crippen molar-refractivity contribution in [2.75, 3.05) is 38.0 Å². The van der Waals surface area contributed by atoms with Crippen LogP contribution in [-0.4, -0.2) is 60.6 Å². The van der Waals surface area contributed by atoms with Gasteiger partial charge in [-0.1, -0.05) is 12.1 Å². The molecule has 1 aromatic carbocycles. The largest absolute Gasteiger partial charge is 0.385 e. The summed E-state index contributed by atoms with van der Waals surface area (Å²) in [5, 5.41) is 3.16. The van der Waals surface area contributed by atoms with E-state index in [-0.39, 0.29) is 11.7 Å². The lowest BCUT2D eigenvalue weighted by molar-refractivity contribution is -0.134. The Balaban J connectivity index is 1.76. The number of carbonyl (C=O) groups excluding carboxylic acids is 3. The fourth-order valence-electron chi connectivity index (χ4n) is 2.40. The Morgan fingerprint density at radius 3 is 2.59 bits per heavy atom. The number of nitrogens with zero attached hydrogens (tertiary/aromatic N) is 2. The smallest absolute Gasteiger partial charge is 0.224 e. The van der Waals surface area contributed by atoms with Crippen molar-refractivity contribution >= 4 is 23.8 Å². The number of carbonyl (C=O) groups is 3. The van der Waals surface area contributed by atoms with Crippen LogP contribution in [0.1, 0.15) is 23.7 Å².